The molecule has 1 aromatic rings. The molecule has 4 N–H and O–H groups in total. The summed E-state index contributed by atoms with van der Waals surface area (Å²) < 4.78 is 0. The molecule has 0 radical (unpaired) electrons. The second kappa shape index (κ2) is 8.15. The molecule has 4 nitrogen and oxygen atoms in total. The normalized spacial score (nSPS) is 21.5. The Labute approximate surface area is 127 Å². The summed E-state index contributed by atoms with van der Waals surface area (Å²) in [5.41, 5.74) is 7.15. The molecule has 1 aromatic carbocycles. The summed E-state index contributed by atoms with van der Waals surface area (Å²) in [5.74, 6) is 1.15. The summed E-state index contributed by atoms with van der Waals surface area (Å²) in [6.45, 7) is 4.83. The van der Waals surface area contributed by atoms with Crippen LogP contribution in [-0.2, 0) is 4.79 Å². The summed E-state index contributed by atoms with van der Waals surface area (Å²) in [6, 6.07) is 9.75. The van der Waals surface area contributed by atoms with Gasteiger partial charge in [-0.25, -0.2) is 0 Å². The molecule has 0 aromatic heterocycles. The van der Waals surface area contributed by atoms with Crippen LogP contribution in [0, 0.1) is 11.8 Å². The Kier molecular flexibility index (Phi) is 6.21. The van der Waals surface area contributed by atoms with Crippen molar-refractivity contribution in [2.45, 2.75) is 32.2 Å². The van der Waals surface area contributed by atoms with E-state index < -0.39 is 0 Å². The van der Waals surface area contributed by atoms with Crippen LogP contribution in [0.4, 0.5) is 0 Å². The number of nitrogens with two attached hydrogens (primary N) is 1. The molecule has 3 atom stereocenters. The number of carbonyl (C=O) groups excluding carboxylic acids is 1. The minimum Gasteiger partial charge on any atom is -0.354 e. The van der Waals surface area contributed by atoms with Crippen LogP contribution in [0.25, 0.3) is 0 Å². The lowest BCUT2D eigenvalue weighted by Gasteiger charge is -2.28. The van der Waals surface area contributed by atoms with E-state index in [1.807, 2.05) is 30.3 Å². The lowest BCUT2D eigenvalue weighted by Crippen LogP contribution is -2.37. The molecular formula is C17H27N3O. The van der Waals surface area contributed by atoms with Crippen molar-refractivity contribution >= 4 is 5.91 Å². The molecule has 21 heavy (non-hydrogen) atoms. The summed E-state index contributed by atoms with van der Waals surface area (Å²) in [6.07, 6.45) is 3.04. The lowest BCUT2D eigenvalue weighted by atomic mass is 9.85. The van der Waals surface area contributed by atoms with E-state index in [0.29, 0.717) is 24.8 Å². The first-order valence-corrected chi connectivity index (χ1v) is 7.94. The summed E-state index contributed by atoms with van der Waals surface area (Å²) in [5, 5.41) is 6.38. The average Bonchev–Trinajstić information content (AvgIpc) is 2.54. The highest BCUT2D eigenvalue weighted by atomic mass is 16.1. The first-order chi connectivity index (χ1) is 10.2. The standard InChI is InChI=1S/C17H27N3O/c1-13(15-8-5-9-19-11-15)10-17(21)20-12-16(18)14-6-3-2-4-7-14/h2-4,6-7,13,15-16,19H,5,8-12,18H2,1H3,(H,20,21). The number of amides is 1. The fourth-order valence-electron chi connectivity index (χ4n) is 2.94. The van der Waals surface area contributed by atoms with Gasteiger partial charge in [0.2, 0.25) is 5.91 Å². The first-order valence-electron chi connectivity index (χ1n) is 7.94. The number of piperidine rings is 1. The van der Waals surface area contributed by atoms with Crippen LogP contribution in [-0.4, -0.2) is 25.5 Å². The van der Waals surface area contributed by atoms with Crippen LogP contribution < -0.4 is 16.4 Å². The largest absolute Gasteiger partial charge is 0.354 e. The van der Waals surface area contributed by atoms with Gasteiger partial charge in [0.05, 0.1) is 0 Å². The predicted octanol–water partition coefficient (Wildman–Crippen LogP) is 1.83. The Morgan fingerprint density at radius 2 is 2.19 bits per heavy atom. The zero-order chi connectivity index (χ0) is 15.1. The molecule has 0 saturated carbocycles. The second-order valence-corrected chi connectivity index (χ2v) is 6.11. The fraction of sp³-hybridized carbons (Fsp3) is 0.588. The molecule has 4 heteroatoms. The maximum absolute atomic E-state index is 12.0. The van der Waals surface area contributed by atoms with E-state index in [-0.39, 0.29) is 11.9 Å². The zero-order valence-electron chi connectivity index (χ0n) is 12.8. The molecule has 1 aliphatic rings. The van der Waals surface area contributed by atoms with Gasteiger partial charge in [-0.3, -0.25) is 4.79 Å². The van der Waals surface area contributed by atoms with Crippen LogP contribution >= 0.6 is 0 Å². The van der Waals surface area contributed by atoms with E-state index in [9.17, 15) is 4.79 Å². The third kappa shape index (κ3) is 5.14. The Morgan fingerprint density at radius 1 is 1.43 bits per heavy atom. The van der Waals surface area contributed by atoms with Crippen LogP contribution in [0.3, 0.4) is 0 Å². The van der Waals surface area contributed by atoms with E-state index in [1.165, 1.54) is 12.8 Å². The van der Waals surface area contributed by atoms with Crippen LogP contribution in [0.1, 0.15) is 37.8 Å². The molecule has 2 rings (SSSR count). The van der Waals surface area contributed by atoms with E-state index in [0.717, 1.165) is 18.7 Å². The van der Waals surface area contributed by atoms with Gasteiger partial charge in [-0.15, -0.1) is 0 Å². The highest BCUT2D eigenvalue weighted by Gasteiger charge is 2.22. The Balaban J connectivity index is 1.71. The van der Waals surface area contributed by atoms with Gasteiger partial charge in [0.25, 0.3) is 0 Å². The Bertz CT molecular complexity index is 429. The number of carbonyl (C=O) groups is 1. The summed E-state index contributed by atoms with van der Waals surface area (Å²) in [7, 11) is 0. The number of nitrogens with one attached hydrogen (secondary N) is 2. The van der Waals surface area contributed by atoms with E-state index in [1.54, 1.807) is 0 Å². The van der Waals surface area contributed by atoms with Gasteiger partial charge in [0.15, 0.2) is 0 Å². The van der Waals surface area contributed by atoms with Gasteiger partial charge in [0.1, 0.15) is 0 Å². The van der Waals surface area contributed by atoms with Gasteiger partial charge >= 0.3 is 0 Å². The molecule has 0 spiro atoms. The maximum Gasteiger partial charge on any atom is 0.220 e. The van der Waals surface area contributed by atoms with Gasteiger partial charge < -0.3 is 16.4 Å². The van der Waals surface area contributed by atoms with Gasteiger partial charge in [-0.1, -0.05) is 37.3 Å². The highest BCUT2D eigenvalue weighted by Crippen LogP contribution is 2.22. The van der Waals surface area contributed by atoms with Crippen LogP contribution in [0.15, 0.2) is 30.3 Å². The monoisotopic (exact) mass is 289 g/mol. The fourth-order valence-corrected chi connectivity index (χ4v) is 2.94. The minimum atomic E-state index is -0.137. The molecule has 1 fully saturated rings. The predicted molar refractivity (Wildman–Crippen MR) is 85.8 cm³/mol. The van der Waals surface area contributed by atoms with Crippen molar-refractivity contribution < 1.29 is 4.79 Å². The topological polar surface area (TPSA) is 67.2 Å². The molecule has 116 valence electrons. The maximum atomic E-state index is 12.0. The third-order valence-corrected chi connectivity index (χ3v) is 4.39. The summed E-state index contributed by atoms with van der Waals surface area (Å²) in [4.78, 5) is 12.0. The molecule has 0 bridgehead atoms. The molecule has 3 unspecified atom stereocenters. The zero-order valence-corrected chi connectivity index (χ0v) is 12.8. The molecule has 0 aliphatic carbocycles. The average molecular weight is 289 g/mol. The number of hydrogen-bond acceptors (Lipinski definition) is 3. The second-order valence-electron chi connectivity index (χ2n) is 6.11. The van der Waals surface area contributed by atoms with Crippen molar-refractivity contribution in [1.29, 1.82) is 0 Å². The number of benzene rings is 1. The van der Waals surface area contributed by atoms with Gasteiger partial charge in [-0.05, 0) is 43.3 Å². The SMILES string of the molecule is CC(CC(=O)NCC(N)c1ccccc1)C1CCCNC1. The molecule has 1 heterocycles. The van der Waals surface area contributed by atoms with Crippen molar-refractivity contribution in [1.82, 2.24) is 10.6 Å². The molecular weight excluding hydrogens is 262 g/mol. The van der Waals surface area contributed by atoms with E-state index in [4.69, 9.17) is 5.73 Å². The number of hydrogen-bond donors (Lipinski definition) is 3. The Morgan fingerprint density at radius 3 is 2.86 bits per heavy atom. The van der Waals surface area contributed by atoms with Gasteiger partial charge in [0, 0.05) is 19.0 Å². The van der Waals surface area contributed by atoms with Crippen molar-refractivity contribution in [2.24, 2.45) is 17.6 Å². The van der Waals surface area contributed by atoms with Crippen LogP contribution in [0.2, 0.25) is 0 Å². The summed E-state index contributed by atoms with van der Waals surface area (Å²) >= 11 is 0. The lowest BCUT2D eigenvalue weighted by molar-refractivity contribution is -0.122. The quantitative estimate of drug-likeness (QED) is 0.748. The van der Waals surface area contributed by atoms with Gasteiger partial charge in [-0.2, -0.15) is 0 Å². The Hall–Kier alpha value is -1.39. The van der Waals surface area contributed by atoms with Crippen molar-refractivity contribution in [3.63, 3.8) is 0 Å². The third-order valence-electron chi connectivity index (χ3n) is 4.39. The van der Waals surface area contributed by atoms with Crippen LogP contribution in [0.5, 0.6) is 0 Å². The minimum absolute atomic E-state index is 0.111. The smallest absolute Gasteiger partial charge is 0.220 e. The highest BCUT2D eigenvalue weighted by molar-refractivity contribution is 5.76. The van der Waals surface area contributed by atoms with Crippen molar-refractivity contribution in [3.05, 3.63) is 35.9 Å². The van der Waals surface area contributed by atoms with Crippen molar-refractivity contribution in [3.8, 4) is 0 Å². The molecule has 1 amide bonds. The van der Waals surface area contributed by atoms with E-state index >= 15 is 0 Å². The molecule has 1 saturated heterocycles. The van der Waals surface area contributed by atoms with Crippen molar-refractivity contribution in [2.75, 3.05) is 19.6 Å². The molecule has 1 aliphatic heterocycles. The first kappa shape index (κ1) is 16.0. The van der Waals surface area contributed by atoms with E-state index in [2.05, 4.69) is 17.6 Å². The number of rotatable bonds is 6.